The molecule has 3 atom stereocenters. The van der Waals surface area contributed by atoms with E-state index < -0.39 is 20.0 Å². The van der Waals surface area contributed by atoms with Crippen LogP contribution in [-0.4, -0.2) is 73.4 Å². The van der Waals surface area contributed by atoms with Gasteiger partial charge < -0.3 is 19.8 Å². The summed E-state index contributed by atoms with van der Waals surface area (Å²) >= 11 is 0. The molecule has 0 aliphatic carbocycles. The summed E-state index contributed by atoms with van der Waals surface area (Å²) in [5.74, 6) is -0.182. The first-order valence-electron chi connectivity index (χ1n) is 33.9. The maximum Gasteiger partial charge on any atom is 0.472 e. The van der Waals surface area contributed by atoms with Gasteiger partial charge >= 0.3 is 7.82 Å². The molecule has 1 amide bonds. The number of hydrogen-bond donors (Lipinski definition) is 3. The van der Waals surface area contributed by atoms with Gasteiger partial charge in [-0.1, -0.05) is 309 Å². The van der Waals surface area contributed by atoms with Gasteiger partial charge in [0.05, 0.1) is 39.9 Å². The highest BCUT2D eigenvalue weighted by atomic mass is 31.2. The second kappa shape index (κ2) is 62.4. The van der Waals surface area contributed by atoms with Crippen LogP contribution in [0.5, 0.6) is 0 Å². The van der Waals surface area contributed by atoms with Crippen LogP contribution >= 0.6 is 7.82 Å². The van der Waals surface area contributed by atoms with Crippen LogP contribution in [0.15, 0.2) is 122 Å². The van der Waals surface area contributed by atoms with Crippen molar-refractivity contribution in [3.63, 3.8) is 0 Å². The summed E-state index contributed by atoms with van der Waals surface area (Å²) in [5.41, 5.74) is 0. The van der Waals surface area contributed by atoms with Crippen molar-refractivity contribution < 1.29 is 32.9 Å². The first-order valence-corrected chi connectivity index (χ1v) is 35.4. The molecule has 0 aromatic heterocycles. The number of phosphoric acid groups is 1. The second-order valence-corrected chi connectivity index (χ2v) is 25.3. The van der Waals surface area contributed by atoms with E-state index in [4.69, 9.17) is 9.05 Å². The van der Waals surface area contributed by atoms with Gasteiger partial charge in [-0.15, -0.1) is 0 Å². The summed E-state index contributed by atoms with van der Waals surface area (Å²) in [5, 5.41) is 14.0. The van der Waals surface area contributed by atoms with Gasteiger partial charge in [-0.2, -0.15) is 0 Å². The zero-order chi connectivity index (χ0) is 59.8. The van der Waals surface area contributed by atoms with Crippen LogP contribution < -0.4 is 5.32 Å². The van der Waals surface area contributed by atoms with Gasteiger partial charge in [-0.3, -0.25) is 13.8 Å². The van der Waals surface area contributed by atoms with Gasteiger partial charge in [0, 0.05) is 6.42 Å². The lowest BCUT2D eigenvalue weighted by Crippen LogP contribution is -2.45. The van der Waals surface area contributed by atoms with E-state index in [1.807, 2.05) is 27.2 Å². The Hall–Kier alpha value is -3.10. The Morgan fingerprint density at radius 2 is 0.732 bits per heavy atom. The molecule has 82 heavy (non-hydrogen) atoms. The number of quaternary nitrogens is 1. The number of likely N-dealkylation sites (N-methyl/N-ethyl adjacent to an activating group) is 1. The Morgan fingerprint density at radius 1 is 0.427 bits per heavy atom. The number of unbranched alkanes of at least 4 members (excludes halogenated alkanes) is 30. The maximum atomic E-state index is 13.0. The summed E-state index contributed by atoms with van der Waals surface area (Å²) in [6.45, 7) is 4.72. The molecule has 0 bridgehead atoms. The van der Waals surface area contributed by atoms with Gasteiger partial charge in [-0.25, -0.2) is 4.57 Å². The fourth-order valence-electron chi connectivity index (χ4n) is 9.45. The van der Waals surface area contributed by atoms with Crippen molar-refractivity contribution in [1.29, 1.82) is 0 Å². The number of allylic oxidation sites excluding steroid dienone is 19. The van der Waals surface area contributed by atoms with Crippen molar-refractivity contribution in [2.45, 2.75) is 296 Å². The van der Waals surface area contributed by atoms with Crippen LogP contribution in [0.25, 0.3) is 0 Å². The van der Waals surface area contributed by atoms with E-state index in [0.717, 1.165) is 96.3 Å². The van der Waals surface area contributed by atoms with Crippen molar-refractivity contribution in [2.24, 2.45) is 0 Å². The van der Waals surface area contributed by atoms with Gasteiger partial charge in [0.2, 0.25) is 5.91 Å². The topological polar surface area (TPSA) is 105 Å². The SMILES string of the molecule is CC/C=C\C/C=C\C/C=C\C/C=C\C/C=C\C/C=C\C/C=C\C/C=C\C/C=C\CCCCCCCCCCCCCC(=O)NC(COP(=O)(O)OCC[N+](C)(C)C)C(O)/C=C/CCCCCCCCCCCCCCCCCCCCC. The fraction of sp³-hybridized carbons (Fsp3) is 0.712. The molecule has 472 valence electrons. The number of aliphatic hydroxyl groups excluding tert-OH is 1. The summed E-state index contributed by atoms with van der Waals surface area (Å²) < 4.78 is 23.8. The zero-order valence-corrected chi connectivity index (χ0v) is 54.8. The number of nitrogens with one attached hydrogen (secondary N) is 1. The molecule has 0 saturated heterocycles. The number of hydrogen-bond acceptors (Lipinski definition) is 5. The van der Waals surface area contributed by atoms with Crippen LogP contribution in [0.4, 0.5) is 0 Å². The molecule has 0 radical (unpaired) electrons. The summed E-state index contributed by atoms with van der Waals surface area (Å²) in [6.07, 6.45) is 93.2. The Morgan fingerprint density at radius 3 is 1.07 bits per heavy atom. The third-order valence-corrected chi connectivity index (χ3v) is 15.7. The minimum Gasteiger partial charge on any atom is -0.387 e. The number of carbonyl (C=O) groups excluding carboxylic acids is 1. The molecule has 0 spiro atoms. The average molecular weight is 1160 g/mol. The summed E-state index contributed by atoms with van der Waals surface area (Å²) in [4.78, 5) is 23.4. The van der Waals surface area contributed by atoms with Gasteiger partial charge in [0.1, 0.15) is 13.2 Å². The van der Waals surface area contributed by atoms with Crippen molar-refractivity contribution in [3.05, 3.63) is 122 Å². The van der Waals surface area contributed by atoms with Crippen LogP contribution in [-0.2, 0) is 18.4 Å². The van der Waals surface area contributed by atoms with E-state index in [-0.39, 0.29) is 19.1 Å². The number of phosphoric ester groups is 1. The Bertz CT molecular complexity index is 1750. The smallest absolute Gasteiger partial charge is 0.387 e. The standard InChI is InChI=1S/C73H129N2O6P/c1-6-8-10-12-14-16-18-20-22-24-26-28-29-30-31-32-33-34-35-36-37-38-39-40-41-42-43-44-45-47-49-51-53-55-57-59-61-63-65-67-73(77)74-71(70-81-82(78,79)80-69-68-75(3,4)5)72(76)66-64-62-60-58-56-54-52-50-48-46-27-25-23-21-19-17-15-13-11-9-7-2/h8,10,14,16,20,22,26,28,30-31,33-34,36-37,39-40,42-43,64,66,71-72,76H,6-7,9,11-13,15,17-19,21,23-25,27,29,32,35,38,41,44-63,65,67-70H2,1-5H3,(H-,74,77,78,79)/p+1/b10-8-,16-14-,22-20-,28-26-,31-30-,34-33-,37-36-,40-39-,43-42-,66-64+. The maximum absolute atomic E-state index is 13.0. The highest BCUT2D eigenvalue weighted by Gasteiger charge is 2.28. The monoisotopic (exact) mass is 1160 g/mol. The minimum atomic E-state index is -4.36. The molecule has 3 unspecified atom stereocenters. The van der Waals surface area contributed by atoms with Gasteiger partial charge in [0.15, 0.2) is 0 Å². The van der Waals surface area contributed by atoms with Crippen LogP contribution in [0.3, 0.4) is 0 Å². The molecule has 0 rings (SSSR count). The lowest BCUT2D eigenvalue weighted by Gasteiger charge is -2.25. The van der Waals surface area contributed by atoms with Crippen molar-refractivity contribution >= 4 is 13.7 Å². The summed E-state index contributed by atoms with van der Waals surface area (Å²) in [6, 6.07) is -0.857. The largest absolute Gasteiger partial charge is 0.472 e. The van der Waals surface area contributed by atoms with E-state index in [0.29, 0.717) is 17.4 Å². The van der Waals surface area contributed by atoms with Gasteiger partial charge in [0.25, 0.3) is 0 Å². The number of carbonyl (C=O) groups is 1. The quantitative estimate of drug-likeness (QED) is 0.0243. The highest BCUT2D eigenvalue weighted by Crippen LogP contribution is 2.43. The molecular formula is C73H130N2O6P+. The number of amides is 1. The molecule has 0 aliphatic heterocycles. The summed E-state index contributed by atoms with van der Waals surface area (Å²) in [7, 11) is 1.56. The molecule has 0 aromatic rings. The number of rotatable bonds is 61. The molecule has 3 N–H and O–H groups in total. The number of nitrogens with zero attached hydrogens (tertiary/aromatic N) is 1. The van der Waals surface area contributed by atoms with Crippen molar-refractivity contribution in [2.75, 3.05) is 40.9 Å². The molecule has 0 aliphatic rings. The molecule has 8 nitrogen and oxygen atoms in total. The Kier molecular flexibility index (Phi) is 60.1. The van der Waals surface area contributed by atoms with Gasteiger partial charge in [-0.05, 0) is 89.9 Å². The predicted molar refractivity (Wildman–Crippen MR) is 359 cm³/mol. The Labute approximate surface area is 507 Å². The minimum absolute atomic E-state index is 0.0566. The lowest BCUT2D eigenvalue weighted by atomic mass is 10.0. The molecular weight excluding hydrogens is 1030 g/mol. The van der Waals surface area contributed by atoms with Crippen LogP contribution in [0, 0.1) is 0 Å². The molecule has 0 aromatic carbocycles. The van der Waals surface area contributed by atoms with E-state index in [1.165, 1.54) is 167 Å². The first-order chi connectivity index (χ1) is 40.0. The predicted octanol–water partition coefficient (Wildman–Crippen LogP) is 21.7. The Balaban J connectivity index is 4.11. The molecule has 0 saturated carbocycles. The highest BCUT2D eigenvalue weighted by molar-refractivity contribution is 7.47. The van der Waals surface area contributed by atoms with E-state index in [9.17, 15) is 19.4 Å². The average Bonchev–Trinajstić information content (AvgIpc) is 3.46. The van der Waals surface area contributed by atoms with Crippen molar-refractivity contribution in [3.8, 4) is 0 Å². The molecule has 9 heteroatoms. The lowest BCUT2D eigenvalue weighted by molar-refractivity contribution is -0.870. The molecule has 0 fully saturated rings. The van der Waals surface area contributed by atoms with E-state index in [2.05, 4.69) is 129 Å². The van der Waals surface area contributed by atoms with E-state index >= 15 is 0 Å². The zero-order valence-electron chi connectivity index (χ0n) is 53.9. The van der Waals surface area contributed by atoms with Crippen LogP contribution in [0.2, 0.25) is 0 Å². The third kappa shape index (κ3) is 64.5. The molecule has 0 heterocycles. The fourth-order valence-corrected chi connectivity index (χ4v) is 10.2. The third-order valence-electron chi connectivity index (χ3n) is 14.7. The first kappa shape index (κ1) is 78.9. The second-order valence-electron chi connectivity index (χ2n) is 23.8. The van der Waals surface area contributed by atoms with Crippen LogP contribution in [0.1, 0.15) is 284 Å². The van der Waals surface area contributed by atoms with E-state index in [1.54, 1.807) is 6.08 Å². The van der Waals surface area contributed by atoms with Crippen molar-refractivity contribution in [1.82, 2.24) is 5.32 Å². The normalized spacial score (nSPS) is 14.5. The number of aliphatic hydroxyl groups is 1.